The molecular formula is C14H21ClN2O3. The molecule has 2 unspecified atom stereocenters. The first-order valence-electron chi connectivity index (χ1n) is 7.15. The molecule has 1 aromatic rings. The quantitative estimate of drug-likeness (QED) is 0.663. The second kappa shape index (κ2) is 6.03. The van der Waals surface area contributed by atoms with E-state index in [0.29, 0.717) is 11.1 Å². The van der Waals surface area contributed by atoms with E-state index >= 15 is 0 Å². The van der Waals surface area contributed by atoms with Crippen LogP contribution in [0.15, 0.2) is 16.5 Å². The van der Waals surface area contributed by atoms with Crippen LogP contribution >= 0.6 is 11.6 Å². The van der Waals surface area contributed by atoms with Crippen molar-refractivity contribution in [3.63, 3.8) is 0 Å². The molecule has 2 saturated heterocycles. The maximum atomic E-state index is 6.07. The summed E-state index contributed by atoms with van der Waals surface area (Å²) in [5.74, 6) is 6.93. The van der Waals surface area contributed by atoms with E-state index in [4.69, 9.17) is 31.3 Å². The molecule has 0 amide bonds. The zero-order valence-corrected chi connectivity index (χ0v) is 12.2. The smallest absolute Gasteiger partial charge is 0.193 e. The Hall–Kier alpha value is -0.590. The van der Waals surface area contributed by atoms with Crippen LogP contribution in [0.2, 0.25) is 5.22 Å². The van der Waals surface area contributed by atoms with Crippen LogP contribution in [0, 0.1) is 5.92 Å². The number of nitrogens with two attached hydrogens (primary N) is 1. The highest BCUT2D eigenvalue weighted by Gasteiger charge is 2.42. The monoisotopic (exact) mass is 300 g/mol. The number of ether oxygens (including phenoxy) is 2. The first-order valence-corrected chi connectivity index (χ1v) is 7.53. The van der Waals surface area contributed by atoms with Crippen LogP contribution in [0.1, 0.15) is 37.5 Å². The summed E-state index contributed by atoms with van der Waals surface area (Å²) in [5.41, 5.74) is 2.84. The van der Waals surface area contributed by atoms with Crippen molar-refractivity contribution in [1.82, 2.24) is 5.43 Å². The highest BCUT2D eigenvalue weighted by Crippen LogP contribution is 2.42. The van der Waals surface area contributed by atoms with E-state index in [9.17, 15) is 0 Å². The summed E-state index contributed by atoms with van der Waals surface area (Å²) >= 11 is 5.87. The molecule has 3 N–H and O–H groups in total. The van der Waals surface area contributed by atoms with Crippen molar-refractivity contribution in [1.29, 1.82) is 0 Å². The standard InChI is InChI=1S/C14H21ClN2O3/c15-12-2-1-11(20-12)13(17-16)10-3-6-19-14(9-10)4-7-18-8-5-14/h1-2,10,13,17H,3-9,16H2. The fourth-order valence-electron chi connectivity index (χ4n) is 3.39. The largest absolute Gasteiger partial charge is 0.448 e. The highest BCUT2D eigenvalue weighted by molar-refractivity contribution is 6.28. The van der Waals surface area contributed by atoms with E-state index in [-0.39, 0.29) is 11.6 Å². The Balaban J connectivity index is 1.74. The summed E-state index contributed by atoms with van der Waals surface area (Å²) in [5, 5.41) is 0.396. The maximum Gasteiger partial charge on any atom is 0.193 e. The van der Waals surface area contributed by atoms with Gasteiger partial charge in [-0.05, 0) is 55.3 Å². The topological polar surface area (TPSA) is 69.7 Å². The molecule has 20 heavy (non-hydrogen) atoms. The van der Waals surface area contributed by atoms with Crippen molar-refractivity contribution >= 4 is 11.6 Å². The van der Waals surface area contributed by atoms with Crippen molar-refractivity contribution in [3.05, 3.63) is 23.1 Å². The Morgan fingerprint density at radius 2 is 2.10 bits per heavy atom. The van der Waals surface area contributed by atoms with E-state index in [2.05, 4.69) is 5.43 Å². The lowest BCUT2D eigenvalue weighted by Crippen LogP contribution is -2.47. The number of hydrazine groups is 1. The van der Waals surface area contributed by atoms with Crippen LogP contribution in [0.25, 0.3) is 0 Å². The molecule has 112 valence electrons. The molecule has 0 aliphatic carbocycles. The summed E-state index contributed by atoms with van der Waals surface area (Å²) in [4.78, 5) is 0. The van der Waals surface area contributed by atoms with Crippen LogP contribution in [0.4, 0.5) is 0 Å². The van der Waals surface area contributed by atoms with E-state index < -0.39 is 0 Å². The van der Waals surface area contributed by atoms with Gasteiger partial charge >= 0.3 is 0 Å². The Morgan fingerprint density at radius 3 is 2.75 bits per heavy atom. The van der Waals surface area contributed by atoms with Gasteiger partial charge in [-0.3, -0.25) is 5.84 Å². The summed E-state index contributed by atoms with van der Waals surface area (Å²) in [6.07, 6.45) is 3.86. The molecule has 5 nitrogen and oxygen atoms in total. The van der Waals surface area contributed by atoms with Gasteiger partial charge in [-0.1, -0.05) is 0 Å². The third-order valence-corrected chi connectivity index (χ3v) is 4.69. The van der Waals surface area contributed by atoms with Gasteiger partial charge < -0.3 is 13.9 Å². The zero-order valence-electron chi connectivity index (χ0n) is 11.4. The number of nitrogens with one attached hydrogen (secondary N) is 1. The molecule has 3 rings (SSSR count). The third kappa shape index (κ3) is 2.87. The van der Waals surface area contributed by atoms with Gasteiger partial charge in [0, 0.05) is 19.8 Å². The molecule has 2 aliphatic rings. The van der Waals surface area contributed by atoms with Gasteiger partial charge in [0.05, 0.1) is 11.6 Å². The second-order valence-electron chi connectivity index (χ2n) is 5.68. The van der Waals surface area contributed by atoms with Crippen molar-refractivity contribution < 1.29 is 13.9 Å². The van der Waals surface area contributed by atoms with E-state index in [1.807, 2.05) is 6.07 Å². The third-order valence-electron chi connectivity index (χ3n) is 4.49. The molecule has 0 radical (unpaired) electrons. The fourth-order valence-corrected chi connectivity index (χ4v) is 3.54. The second-order valence-corrected chi connectivity index (χ2v) is 6.06. The molecule has 0 bridgehead atoms. The van der Waals surface area contributed by atoms with Crippen molar-refractivity contribution in [3.8, 4) is 0 Å². The predicted octanol–water partition coefficient (Wildman–Crippen LogP) is 2.41. The Kier molecular flexibility index (Phi) is 4.33. The number of furan rings is 1. The molecule has 2 atom stereocenters. The summed E-state index contributed by atoms with van der Waals surface area (Å²) in [6.45, 7) is 2.32. The summed E-state index contributed by atoms with van der Waals surface area (Å²) in [7, 11) is 0. The zero-order chi connectivity index (χ0) is 14.0. The van der Waals surface area contributed by atoms with Gasteiger partial charge in [0.15, 0.2) is 5.22 Å². The average Bonchev–Trinajstić information content (AvgIpc) is 2.87. The SMILES string of the molecule is NNC(c1ccc(Cl)o1)C1CCOC2(CCOCC2)C1. The minimum atomic E-state index is -0.0490. The van der Waals surface area contributed by atoms with Crippen LogP contribution in [0.5, 0.6) is 0 Å². The molecule has 1 aromatic heterocycles. The maximum absolute atomic E-state index is 6.07. The lowest BCUT2D eigenvalue weighted by atomic mass is 9.77. The van der Waals surface area contributed by atoms with E-state index in [0.717, 1.165) is 51.3 Å². The van der Waals surface area contributed by atoms with Crippen LogP contribution in [-0.2, 0) is 9.47 Å². The van der Waals surface area contributed by atoms with Gasteiger partial charge in [0.1, 0.15) is 5.76 Å². The van der Waals surface area contributed by atoms with E-state index in [1.54, 1.807) is 6.07 Å². The van der Waals surface area contributed by atoms with Crippen LogP contribution in [0.3, 0.4) is 0 Å². The first kappa shape index (κ1) is 14.4. The first-order chi connectivity index (χ1) is 9.72. The number of halogens is 1. The summed E-state index contributed by atoms with van der Waals surface area (Å²) in [6, 6.07) is 3.62. The van der Waals surface area contributed by atoms with Crippen LogP contribution < -0.4 is 11.3 Å². The van der Waals surface area contributed by atoms with E-state index in [1.165, 1.54) is 0 Å². The molecule has 2 aliphatic heterocycles. The van der Waals surface area contributed by atoms with Crippen LogP contribution in [-0.4, -0.2) is 25.4 Å². The van der Waals surface area contributed by atoms with Gasteiger partial charge in [-0.2, -0.15) is 0 Å². The lowest BCUT2D eigenvalue weighted by molar-refractivity contribution is -0.150. The normalized spacial score (nSPS) is 27.6. The van der Waals surface area contributed by atoms with Crippen molar-refractivity contribution in [2.45, 2.75) is 37.3 Å². The number of hydrogen-bond donors (Lipinski definition) is 2. The molecule has 0 saturated carbocycles. The molecule has 0 aromatic carbocycles. The minimum Gasteiger partial charge on any atom is -0.448 e. The molecule has 1 spiro atoms. The fraction of sp³-hybridized carbons (Fsp3) is 0.714. The molecule has 2 fully saturated rings. The minimum absolute atomic E-state index is 0.0221. The van der Waals surface area contributed by atoms with Crippen molar-refractivity contribution in [2.75, 3.05) is 19.8 Å². The van der Waals surface area contributed by atoms with Gasteiger partial charge in [-0.25, -0.2) is 5.43 Å². The van der Waals surface area contributed by atoms with Gasteiger partial charge in [0.2, 0.25) is 0 Å². The molecular weight excluding hydrogens is 280 g/mol. The van der Waals surface area contributed by atoms with Gasteiger partial charge in [-0.15, -0.1) is 0 Å². The predicted molar refractivity (Wildman–Crippen MR) is 75.2 cm³/mol. The molecule has 6 heteroatoms. The Morgan fingerprint density at radius 1 is 1.30 bits per heavy atom. The number of rotatable bonds is 3. The lowest BCUT2D eigenvalue weighted by Gasteiger charge is -2.44. The van der Waals surface area contributed by atoms with Crippen molar-refractivity contribution in [2.24, 2.45) is 11.8 Å². The van der Waals surface area contributed by atoms with Gasteiger partial charge in [0.25, 0.3) is 0 Å². The molecule has 3 heterocycles. The summed E-state index contributed by atoms with van der Waals surface area (Å²) < 4.78 is 17.0. The number of hydrogen-bond acceptors (Lipinski definition) is 5. The highest BCUT2D eigenvalue weighted by atomic mass is 35.5. The Bertz CT molecular complexity index is 440. The Labute approximate surface area is 123 Å². The average molecular weight is 301 g/mol.